The van der Waals surface area contributed by atoms with Crippen LogP contribution >= 0.6 is 0 Å². The standard InChI is InChI=1S/C8H17NO4Si/c1-5-6-8(10)9-7-14(11-2,12-3)13-4/h5-6H,7H2,1-4H3,(H,9,10). The molecule has 0 rings (SSSR count). The molecule has 1 N–H and O–H groups in total. The summed E-state index contributed by atoms with van der Waals surface area (Å²) in [7, 11) is 1.83. The molecule has 1 amide bonds. The zero-order valence-corrected chi connectivity index (χ0v) is 9.99. The maximum Gasteiger partial charge on any atom is 0.520 e. The Bertz CT molecular complexity index is 195. The van der Waals surface area contributed by atoms with Gasteiger partial charge >= 0.3 is 8.80 Å². The van der Waals surface area contributed by atoms with Crippen molar-refractivity contribution in [2.45, 2.75) is 6.92 Å². The summed E-state index contributed by atoms with van der Waals surface area (Å²) in [5.74, 6) is -0.185. The van der Waals surface area contributed by atoms with Gasteiger partial charge < -0.3 is 18.6 Å². The van der Waals surface area contributed by atoms with Gasteiger partial charge in [0.2, 0.25) is 5.91 Å². The van der Waals surface area contributed by atoms with Crippen LogP contribution in [0.5, 0.6) is 0 Å². The van der Waals surface area contributed by atoms with Crippen molar-refractivity contribution >= 4 is 14.7 Å². The van der Waals surface area contributed by atoms with Gasteiger partial charge in [-0.15, -0.1) is 0 Å². The Morgan fingerprint density at radius 2 is 1.79 bits per heavy atom. The molecule has 0 aromatic rings. The first-order valence-corrected chi connectivity index (χ1v) is 6.13. The van der Waals surface area contributed by atoms with Gasteiger partial charge in [0, 0.05) is 21.3 Å². The fraction of sp³-hybridized carbons (Fsp3) is 0.625. The van der Waals surface area contributed by atoms with Crippen LogP contribution in [0, 0.1) is 0 Å². The highest BCUT2D eigenvalue weighted by Crippen LogP contribution is 2.03. The van der Waals surface area contributed by atoms with Crippen molar-refractivity contribution in [2.24, 2.45) is 0 Å². The largest absolute Gasteiger partial charge is 0.520 e. The van der Waals surface area contributed by atoms with Crippen LogP contribution in [0.1, 0.15) is 6.92 Å². The molecular formula is C8H17NO4Si. The zero-order chi connectivity index (χ0) is 11.0. The van der Waals surface area contributed by atoms with Crippen molar-refractivity contribution in [1.82, 2.24) is 5.32 Å². The number of nitrogens with one attached hydrogen (secondary N) is 1. The molecule has 0 atom stereocenters. The molecule has 0 aliphatic heterocycles. The Balaban J connectivity index is 4.12. The predicted octanol–water partition coefficient (Wildman–Crippen LogP) is 0.0960. The summed E-state index contributed by atoms with van der Waals surface area (Å²) in [5.41, 5.74) is 0. The predicted molar refractivity (Wildman–Crippen MR) is 54.6 cm³/mol. The Labute approximate surface area is 85.4 Å². The number of allylic oxidation sites excluding steroid dienone is 1. The van der Waals surface area contributed by atoms with Gasteiger partial charge in [0.25, 0.3) is 0 Å². The topological polar surface area (TPSA) is 56.8 Å². The van der Waals surface area contributed by atoms with Crippen LogP contribution in [-0.4, -0.2) is 42.2 Å². The first-order chi connectivity index (χ1) is 6.64. The number of amides is 1. The Hall–Kier alpha value is -0.693. The van der Waals surface area contributed by atoms with Gasteiger partial charge in [-0.3, -0.25) is 4.79 Å². The number of hydrogen-bond acceptors (Lipinski definition) is 4. The molecule has 0 saturated carbocycles. The SMILES string of the molecule is CC=CC(=O)NC[Si](OC)(OC)OC. The molecule has 0 aromatic carbocycles. The first-order valence-electron chi connectivity index (χ1n) is 4.20. The third kappa shape index (κ3) is 4.01. The van der Waals surface area contributed by atoms with E-state index < -0.39 is 8.80 Å². The molecule has 0 spiro atoms. The summed E-state index contributed by atoms with van der Waals surface area (Å²) in [6.07, 6.45) is 3.35. The molecule has 6 heteroatoms. The summed E-state index contributed by atoms with van der Waals surface area (Å²) < 4.78 is 15.4. The molecule has 82 valence electrons. The molecule has 0 bridgehead atoms. The third-order valence-electron chi connectivity index (χ3n) is 1.73. The van der Waals surface area contributed by atoms with E-state index in [1.54, 1.807) is 13.0 Å². The smallest absolute Gasteiger partial charge is 0.376 e. The summed E-state index contributed by atoms with van der Waals surface area (Å²) >= 11 is 0. The molecule has 0 fully saturated rings. The minimum absolute atomic E-state index is 0.185. The van der Waals surface area contributed by atoms with E-state index in [0.29, 0.717) is 0 Å². The van der Waals surface area contributed by atoms with E-state index >= 15 is 0 Å². The quantitative estimate of drug-likeness (QED) is 0.508. The maximum atomic E-state index is 11.1. The number of carbonyl (C=O) groups excluding carboxylic acids is 1. The van der Waals surface area contributed by atoms with E-state index in [-0.39, 0.29) is 12.1 Å². The van der Waals surface area contributed by atoms with E-state index in [1.807, 2.05) is 0 Å². The average Bonchev–Trinajstić information content (AvgIpc) is 2.21. The maximum absolute atomic E-state index is 11.1. The molecule has 0 heterocycles. The van der Waals surface area contributed by atoms with Crippen LogP contribution < -0.4 is 5.32 Å². The summed E-state index contributed by atoms with van der Waals surface area (Å²) in [5, 5.41) is 2.64. The van der Waals surface area contributed by atoms with Crippen molar-refractivity contribution in [3.63, 3.8) is 0 Å². The molecule has 5 nitrogen and oxygen atoms in total. The van der Waals surface area contributed by atoms with E-state index in [4.69, 9.17) is 13.3 Å². The van der Waals surface area contributed by atoms with Gasteiger partial charge in [-0.05, 0) is 13.0 Å². The molecule has 0 saturated heterocycles. The highest BCUT2D eigenvalue weighted by atomic mass is 28.4. The van der Waals surface area contributed by atoms with Crippen LogP contribution in [0.15, 0.2) is 12.2 Å². The Morgan fingerprint density at radius 1 is 1.29 bits per heavy atom. The van der Waals surface area contributed by atoms with Crippen molar-refractivity contribution in [1.29, 1.82) is 0 Å². The van der Waals surface area contributed by atoms with Crippen LogP contribution in [0.4, 0.5) is 0 Å². The summed E-state index contributed by atoms with van der Waals surface area (Å²) in [4.78, 5) is 11.1. The average molecular weight is 219 g/mol. The molecule has 0 aliphatic rings. The van der Waals surface area contributed by atoms with Crippen molar-refractivity contribution in [2.75, 3.05) is 27.5 Å². The highest BCUT2D eigenvalue weighted by Gasteiger charge is 2.38. The number of carbonyl (C=O) groups is 1. The molecular weight excluding hydrogens is 202 g/mol. The van der Waals surface area contributed by atoms with E-state index in [0.717, 1.165) is 0 Å². The first kappa shape index (κ1) is 13.3. The van der Waals surface area contributed by atoms with Gasteiger partial charge in [-0.25, -0.2) is 0 Å². The molecule has 0 aliphatic carbocycles. The molecule has 14 heavy (non-hydrogen) atoms. The monoisotopic (exact) mass is 219 g/mol. The van der Waals surface area contributed by atoms with Crippen LogP contribution in [0.25, 0.3) is 0 Å². The van der Waals surface area contributed by atoms with Crippen molar-refractivity contribution < 1.29 is 18.1 Å². The van der Waals surface area contributed by atoms with Crippen LogP contribution in [-0.2, 0) is 18.1 Å². The van der Waals surface area contributed by atoms with E-state index in [1.165, 1.54) is 27.4 Å². The lowest BCUT2D eigenvalue weighted by Gasteiger charge is -2.24. The second-order valence-electron chi connectivity index (χ2n) is 2.51. The fourth-order valence-corrected chi connectivity index (χ4v) is 2.20. The second kappa shape index (κ2) is 6.72. The summed E-state index contributed by atoms with van der Waals surface area (Å²) in [6, 6.07) is 0. The zero-order valence-electron chi connectivity index (χ0n) is 8.99. The fourth-order valence-electron chi connectivity index (χ4n) is 0.872. The highest BCUT2D eigenvalue weighted by molar-refractivity contribution is 6.61. The van der Waals surface area contributed by atoms with Gasteiger partial charge in [-0.1, -0.05) is 6.08 Å². The third-order valence-corrected chi connectivity index (χ3v) is 4.21. The molecule has 0 radical (unpaired) electrons. The minimum Gasteiger partial charge on any atom is -0.376 e. The second-order valence-corrected chi connectivity index (χ2v) is 5.46. The lowest BCUT2D eigenvalue weighted by atomic mass is 10.5. The normalized spacial score (nSPS) is 12.0. The van der Waals surface area contributed by atoms with Gasteiger partial charge in [-0.2, -0.15) is 0 Å². The van der Waals surface area contributed by atoms with Gasteiger partial charge in [0.1, 0.15) is 0 Å². The molecule has 0 unspecified atom stereocenters. The van der Waals surface area contributed by atoms with Gasteiger partial charge in [0.15, 0.2) is 0 Å². The van der Waals surface area contributed by atoms with Crippen molar-refractivity contribution in [3.8, 4) is 0 Å². The van der Waals surface area contributed by atoms with E-state index in [9.17, 15) is 4.79 Å². The summed E-state index contributed by atoms with van der Waals surface area (Å²) in [6.45, 7) is 1.77. The van der Waals surface area contributed by atoms with Crippen molar-refractivity contribution in [3.05, 3.63) is 12.2 Å². The van der Waals surface area contributed by atoms with Gasteiger partial charge in [0.05, 0.1) is 6.17 Å². The Kier molecular flexibility index (Phi) is 6.38. The lowest BCUT2D eigenvalue weighted by Crippen LogP contribution is -2.53. The molecule has 0 aromatic heterocycles. The van der Waals surface area contributed by atoms with Crippen LogP contribution in [0.3, 0.4) is 0 Å². The number of hydrogen-bond donors (Lipinski definition) is 1. The Morgan fingerprint density at radius 3 is 2.14 bits per heavy atom. The minimum atomic E-state index is -2.68. The van der Waals surface area contributed by atoms with E-state index in [2.05, 4.69) is 5.32 Å². The lowest BCUT2D eigenvalue weighted by molar-refractivity contribution is -0.116. The van der Waals surface area contributed by atoms with Crippen LogP contribution in [0.2, 0.25) is 0 Å². The number of rotatable bonds is 6.